The molecule has 0 amide bonds. The molecule has 66 valence electrons. The van der Waals surface area contributed by atoms with Gasteiger partial charge >= 0.3 is 5.97 Å². The van der Waals surface area contributed by atoms with Gasteiger partial charge in [-0.2, -0.15) is 0 Å². The van der Waals surface area contributed by atoms with E-state index in [9.17, 15) is 4.79 Å². The molecule has 0 rings (SSSR count). The molecular formula is C9H18O2. The molecule has 0 unspecified atom stereocenters. The van der Waals surface area contributed by atoms with Crippen molar-refractivity contribution in [3.63, 3.8) is 0 Å². The molecule has 0 N–H and O–H groups in total. The minimum Gasteiger partial charge on any atom is -0.465 e. The largest absolute Gasteiger partial charge is 0.465 e. The Balaban J connectivity index is 3.30. The lowest BCUT2D eigenvalue weighted by Crippen LogP contribution is -2.10. The number of ether oxygens (including phenoxy) is 1. The Hall–Kier alpha value is -0.530. The Bertz CT molecular complexity index is 110. The van der Waals surface area contributed by atoms with Gasteiger partial charge in [-0.3, -0.25) is 4.79 Å². The lowest BCUT2D eigenvalue weighted by Gasteiger charge is -2.08. The molecule has 1 atom stereocenters. The first-order valence-corrected chi connectivity index (χ1v) is 4.36. The molecule has 0 spiro atoms. The van der Waals surface area contributed by atoms with E-state index in [-0.39, 0.29) is 5.97 Å². The summed E-state index contributed by atoms with van der Waals surface area (Å²) in [5.41, 5.74) is 0. The lowest BCUT2D eigenvalue weighted by atomic mass is 10.1. The molecule has 2 nitrogen and oxygen atoms in total. The second kappa shape index (κ2) is 6.20. The van der Waals surface area contributed by atoms with Crippen molar-refractivity contribution in [2.24, 2.45) is 5.92 Å². The van der Waals surface area contributed by atoms with E-state index >= 15 is 0 Å². The Labute approximate surface area is 68.9 Å². The minimum absolute atomic E-state index is 0.0622. The third kappa shape index (κ3) is 5.89. The van der Waals surface area contributed by atoms with Gasteiger partial charge in [0.05, 0.1) is 6.61 Å². The van der Waals surface area contributed by atoms with E-state index in [2.05, 4.69) is 13.8 Å². The van der Waals surface area contributed by atoms with Gasteiger partial charge in [-0.25, -0.2) is 0 Å². The van der Waals surface area contributed by atoms with E-state index in [1.807, 2.05) is 6.92 Å². The molecule has 0 aliphatic carbocycles. The number of carbonyl (C=O) groups excluding carboxylic acids is 1. The zero-order valence-electron chi connectivity index (χ0n) is 7.72. The molecule has 0 heterocycles. The maximum Gasteiger partial charge on any atom is 0.305 e. The predicted molar refractivity (Wildman–Crippen MR) is 45.3 cm³/mol. The number of hydrogen-bond acceptors (Lipinski definition) is 2. The van der Waals surface area contributed by atoms with Gasteiger partial charge in [0.1, 0.15) is 0 Å². The number of carbonyl (C=O) groups is 1. The van der Waals surface area contributed by atoms with Gasteiger partial charge in [-0.05, 0) is 12.3 Å². The summed E-state index contributed by atoms with van der Waals surface area (Å²) in [5.74, 6) is 0.434. The number of esters is 1. The van der Waals surface area contributed by atoms with Crippen LogP contribution in [0.25, 0.3) is 0 Å². The van der Waals surface area contributed by atoms with Crippen LogP contribution < -0.4 is 0 Å². The highest BCUT2D eigenvalue weighted by Crippen LogP contribution is 2.02. The SMILES string of the molecule is CCCC(=O)OC[C@H](C)CC. The normalized spacial score (nSPS) is 12.6. The maximum atomic E-state index is 10.8. The first kappa shape index (κ1) is 10.5. The zero-order valence-corrected chi connectivity index (χ0v) is 7.72. The van der Waals surface area contributed by atoms with Crippen molar-refractivity contribution in [1.29, 1.82) is 0 Å². The molecule has 0 radical (unpaired) electrons. The van der Waals surface area contributed by atoms with Crippen LogP contribution in [0.2, 0.25) is 0 Å². The number of hydrogen-bond donors (Lipinski definition) is 0. The third-order valence-corrected chi connectivity index (χ3v) is 1.68. The van der Waals surface area contributed by atoms with Crippen LogP contribution in [-0.4, -0.2) is 12.6 Å². The van der Waals surface area contributed by atoms with Crippen molar-refractivity contribution in [2.45, 2.75) is 40.0 Å². The average molecular weight is 158 g/mol. The van der Waals surface area contributed by atoms with Crippen molar-refractivity contribution in [3.8, 4) is 0 Å². The summed E-state index contributed by atoms with van der Waals surface area (Å²) < 4.78 is 5.00. The van der Waals surface area contributed by atoms with Crippen LogP contribution >= 0.6 is 0 Å². The summed E-state index contributed by atoms with van der Waals surface area (Å²) in [6.07, 6.45) is 2.50. The first-order chi connectivity index (χ1) is 5.20. The monoisotopic (exact) mass is 158 g/mol. The Morgan fingerprint density at radius 3 is 2.55 bits per heavy atom. The molecule has 0 fully saturated rings. The van der Waals surface area contributed by atoms with Crippen molar-refractivity contribution >= 4 is 5.97 Å². The summed E-state index contributed by atoms with van der Waals surface area (Å²) in [5, 5.41) is 0. The molecule has 11 heavy (non-hydrogen) atoms. The maximum absolute atomic E-state index is 10.8. The van der Waals surface area contributed by atoms with Crippen LogP contribution in [0, 0.1) is 5.92 Å². The molecule has 0 aromatic rings. The molecule has 0 saturated carbocycles. The molecule has 0 saturated heterocycles. The Morgan fingerprint density at radius 2 is 2.09 bits per heavy atom. The summed E-state index contributed by atoms with van der Waals surface area (Å²) in [6.45, 7) is 6.73. The van der Waals surface area contributed by atoms with Gasteiger partial charge in [0.2, 0.25) is 0 Å². The van der Waals surface area contributed by atoms with E-state index in [4.69, 9.17) is 4.74 Å². The highest BCUT2D eigenvalue weighted by atomic mass is 16.5. The first-order valence-electron chi connectivity index (χ1n) is 4.36. The highest BCUT2D eigenvalue weighted by molar-refractivity contribution is 5.69. The van der Waals surface area contributed by atoms with Crippen molar-refractivity contribution in [3.05, 3.63) is 0 Å². The average Bonchev–Trinajstić information content (AvgIpc) is 2.01. The van der Waals surface area contributed by atoms with Crippen molar-refractivity contribution in [1.82, 2.24) is 0 Å². The van der Waals surface area contributed by atoms with Gasteiger partial charge in [0.15, 0.2) is 0 Å². The molecule has 0 aromatic heterocycles. The van der Waals surface area contributed by atoms with Gasteiger partial charge in [0.25, 0.3) is 0 Å². The Kier molecular flexibility index (Phi) is 5.90. The topological polar surface area (TPSA) is 26.3 Å². The standard InChI is InChI=1S/C9H18O2/c1-4-6-9(10)11-7-8(3)5-2/h8H,4-7H2,1-3H3/t8-/m1/s1. The van der Waals surface area contributed by atoms with Gasteiger partial charge < -0.3 is 4.74 Å². The van der Waals surface area contributed by atoms with E-state index in [0.29, 0.717) is 18.9 Å². The fourth-order valence-electron chi connectivity index (χ4n) is 0.629. The molecular weight excluding hydrogens is 140 g/mol. The van der Waals surface area contributed by atoms with E-state index in [0.717, 1.165) is 12.8 Å². The van der Waals surface area contributed by atoms with Crippen LogP contribution in [-0.2, 0) is 9.53 Å². The highest BCUT2D eigenvalue weighted by Gasteiger charge is 2.03. The quantitative estimate of drug-likeness (QED) is 0.574. The molecule has 2 heteroatoms. The second-order valence-electron chi connectivity index (χ2n) is 2.95. The molecule has 0 aromatic carbocycles. The zero-order chi connectivity index (χ0) is 8.69. The lowest BCUT2D eigenvalue weighted by molar-refractivity contribution is -0.144. The smallest absolute Gasteiger partial charge is 0.305 e. The molecule has 0 bridgehead atoms. The van der Waals surface area contributed by atoms with Crippen LogP contribution in [0.1, 0.15) is 40.0 Å². The van der Waals surface area contributed by atoms with Crippen LogP contribution in [0.5, 0.6) is 0 Å². The van der Waals surface area contributed by atoms with Gasteiger partial charge in [-0.15, -0.1) is 0 Å². The van der Waals surface area contributed by atoms with Gasteiger partial charge in [0, 0.05) is 6.42 Å². The van der Waals surface area contributed by atoms with E-state index in [1.54, 1.807) is 0 Å². The number of rotatable bonds is 5. The van der Waals surface area contributed by atoms with Crippen LogP contribution in [0.3, 0.4) is 0 Å². The summed E-state index contributed by atoms with van der Waals surface area (Å²) in [7, 11) is 0. The fourth-order valence-corrected chi connectivity index (χ4v) is 0.629. The van der Waals surface area contributed by atoms with Crippen LogP contribution in [0.15, 0.2) is 0 Å². The summed E-state index contributed by atoms with van der Waals surface area (Å²) >= 11 is 0. The minimum atomic E-state index is -0.0622. The Morgan fingerprint density at radius 1 is 1.45 bits per heavy atom. The second-order valence-corrected chi connectivity index (χ2v) is 2.95. The van der Waals surface area contributed by atoms with E-state index in [1.165, 1.54) is 0 Å². The third-order valence-electron chi connectivity index (χ3n) is 1.68. The van der Waals surface area contributed by atoms with Crippen LogP contribution in [0.4, 0.5) is 0 Å². The summed E-state index contributed by atoms with van der Waals surface area (Å²) in [4.78, 5) is 10.8. The van der Waals surface area contributed by atoms with Gasteiger partial charge in [-0.1, -0.05) is 27.2 Å². The predicted octanol–water partition coefficient (Wildman–Crippen LogP) is 2.38. The fraction of sp³-hybridized carbons (Fsp3) is 0.889. The molecule has 0 aliphatic rings. The summed E-state index contributed by atoms with van der Waals surface area (Å²) in [6, 6.07) is 0. The van der Waals surface area contributed by atoms with E-state index < -0.39 is 0 Å². The van der Waals surface area contributed by atoms with Crippen molar-refractivity contribution in [2.75, 3.05) is 6.61 Å². The van der Waals surface area contributed by atoms with Crippen molar-refractivity contribution < 1.29 is 9.53 Å². The molecule has 0 aliphatic heterocycles.